The van der Waals surface area contributed by atoms with Crippen molar-refractivity contribution in [3.63, 3.8) is 0 Å². The topological polar surface area (TPSA) is 72.0 Å². The minimum atomic E-state index is -0.124. The van der Waals surface area contributed by atoms with Gasteiger partial charge in [0.2, 0.25) is 0 Å². The molecule has 0 aliphatic carbocycles. The molecule has 1 aliphatic heterocycles. The van der Waals surface area contributed by atoms with Gasteiger partial charge in [0.25, 0.3) is 5.91 Å². The van der Waals surface area contributed by atoms with Crippen molar-refractivity contribution in [3.05, 3.63) is 18.2 Å². The Labute approximate surface area is 111 Å². The molecule has 1 amide bonds. The molecule has 0 bridgehead atoms. The first kappa shape index (κ1) is 13.2. The highest BCUT2D eigenvalue weighted by molar-refractivity contribution is 6.39. The third-order valence-electron chi connectivity index (χ3n) is 2.86. The van der Waals surface area contributed by atoms with Crippen LogP contribution in [0.4, 0.5) is 5.69 Å². The number of piperidine rings is 1. The Morgan fingerprint density at radius 1 is 1.32 bits per heavy atom. The highest BCUT2D eigenvalue weighted by atomic mass is 16.5. The second-order valence-electron chi connectivity index (χ2n) is 4.10. The quantitative estimate of drug-likeness (QED) is 0.805. The van der Waals surface area contributed by atoms with Crippen LogP contribution in [0.3, 0.4) is 0 Å². The van der Waals surface area contributed by atoms with Gasteiger partial charge < -0.3 is 14.8 Å². The van der Waals surface area contributed by atoms with Gasteiger partial charge in [0, 0.05) is 12.6 Å². The fraction of sp³-hybridized carbons (Fsp3) is 0.385. The molecule has 6 heteroatoms. The van der Waals surface area contributed by atoms with Gasteiger partial charge in [-0.15, -0.1) is 0 Å². The first-order valence-corrected chi connectivity index (χ1v) is 6.07. The third kappa shape index (κ3) is 3.15. The molecule has 0 saturated carbocycles. The van der Waals surface area contributed by atoms with E-state index in [9.17, 15) is 4.79 Å². The number of anilines is 1. The van der Waals surface area contributed by atoms with Crippen LogP contribution in [0.5, 0.6) is 11.5 Å². The highest BCUT2D eigenvalue weighted by Gasteiger charge is 2.16. The molecule has 102 valence electrons. The number of benzene rings is 1. The number of carbonyl (C=O) groups excluding carboxylic acids is 1. The van der Waals surface area contributed by atoms with Crippen LogP contribution in [-0.4, -0.2) is 32.4 Å². The molecular formula is C13H17N3O3. The molecule has 1 heterocycles. The van der Waals surface area contributed by atoms with E-state index in [0.29, 0.717) is 35.9 Å². The first-order valence-electron chi connectivity index (χ1n) is 6.07. The standard InChI is InChI=1S/C13H17N3O3/c1-18-9-5-6-12(19-2)11(8-9)16-15-10-4-3-7-14-13(10)17/h5-6,8,16H,3-4,7H2,1-2H3,(H,14,17). The van der Waals surface area contributed by atoms with Crippen LogP contribution >= 0.6 is 0 Å². The number of hydrogen-bond donors (Lipinski definition) is 2. The van der Waals surface area contributed by atoms with Gasteiger partial charge >= 0.3 is 0 Å². The van der Waals surface area contributed by atoms with Crippen molar-refractivity contribution >= 4 is 17.3 Å². The van der Waals surface area contributed by atoms with E-state index in [1.54, 1.807) is 32.4 Å². The molecule has 1 saturated heterocycles. The number of hydrazone groups is 1. The Balaban J connectivity index is 2.17. The van der Waals surface area contributed by atoms with Gasteiger partial charge in [0.05, 0.1) is 14.2 Å². The number of nitrogens with zero attached hydrogens (tertiary/aromatic N) is 1. The van der Waals surface area contributed by atoms with Crippen LogP contribution in [0.15, 0.2) is 23.3 Å². The average molecular weight is 263 g/mol. The summed E-state index contributed by atoms with van der Waals surface area (Å²) in [4.78, 5) is 11.6. The van der Waals surface area contributed by atoms with Gasteiger partial charge in [-0.3, -0.25) is 10.2 Å². The molecule has 1 fully saturated rings. The Bertz CT molecular complexity index is 500. The maximum Gasteiger partial charge on any atom is 0.267 e. The van der Waals surface area contributed by atoms with Crippen molar-refractivity contribution in [1.29, 1.82) is 0 Å². The van der Waals surface area contributed by atoms with Crippen molar-refractivity contribution in [2.75, 3.05) is 26.2 Å². The minimum absolute atomic E-state index is 0.124. The molecule has 0 aromatic heterocycles. The van der Waals surface area contributed by atoms with Crippen LogP contribution in [0, 0.1) is 0 Å². The Kier molecular flexibility index (Phi) is 4.22. The normalized spacial score (nSPS) is 16.9. The van der Waals surface area contributed by atoms with Crippen LogP contribution in [0.25, 0.3) is 0 Å². The molecule has 0 radical (unpaired) electrons. The van der Waals surface area contributed by atoms with E-state index in [2.05, 4.69) is 15.8 Å². The summed E-state index contributed by atoms with van der Waals surface area (Å²) in [7, 11) is 3.17. The average Bonchev–Trinajstić information content (AvgIpc) is 2.46. The van der Waals surface area contributed by atoms with Crippen molar-refractivity contribution in [3.8, 4) is 11.5 Å². The molecule has 0 spiro atoms. The van der Waals surface area contributed by atoms with Crippen molar-refractivity contribution in [2.45, 2.75) is 12.8 Å². The van der Waals surface area contributed by atoms with Crippen molar-refractivity contribution < 1.29 is 14.3 Å². The van der Waals surface area contributed by atoms with Crippen molar-refractivity contribution in [2.24, 2.45) is 5.10 Å². The van der Waals surface area contributed by atoms with E-state index in [1.807, 2.05) is 0 Å². The summed E-state index contributed by atoms with van der Waals surface area (Å²) >= 11 is 0. The molecular weight excluding hydrogens is 246 g/mol. The van der Waals surface area contributed by atoms with Gasteiger partial charge in [0.1, 0.15) is 22.9 Å². The molecule has 1 aliphatic rings. The van der Waals surface area contributed by atoms with Crippen molar-refractivity contribution in [1.82, 2.24) is 5.32 Å². The van der Waals surface area contributed by atoms with Crippen LogP contribution in [-0.2, 0) is 4.79 Å². The lowest BCUT2D eigenvalue weighted by Gasteiger charge is -2.14. The Morgan fingerprint density at radius 3 is 2.84 bits per heavy atom. The lowest BCUT2D eigenvalue weighted by Crippen LogP contribution is -2.37. The summed E-state index contributed by atoms with van der Waals surface area (Å²) in [6.07, 6.45) is 1.58. The predicted octanol–water partition coefficient (Wildman–Crippen LogP) is 1.38. The minimum Gasteiger partial charge on any atom is -0.497 e. The van der Waals surface area contributed by atoms with E-state index >= 15 is 0 Å². The monoisotopic (exact) mass is 263 g/mol. The zero-order valence-electron chi connectivity index (χ0n) is 11.0. The molecule has 2 rings (SSSR count). The summed E-state index contributed by atoms with van der Waals surface area (Å²) in [6, 6.07) is 5.34. The molecule has 0 atom stereocenters. The number of rotatable bonds is 4. The maximum absolute atomic E-state index is 11.6. The van der Waals surface area contributed by atoms with Crippen LogP contribution < -0.4 is 20.2 Å². The number of ether oxygens (including phenoxy) is 2. The fourth-order valence-corrected chi connectivity index (χ4v) is 1.81. The number of nitrogens with one attached hydrogen (secondary N) is 2. The fourth-order valence-electron chi connectivity index (χ4n) is 1.81. The molecule has 1 aromatic carbocycles. The van der Waals surface area contributed by atoms with E-state index in [0.717, 1.165) is 6.42 Å². The second-order valence-corrected chi connectivity index (χ2v) is 4.10. The highest BCUT2D eigenvalue weighted by Crippen LogP contribution is 2.28. The van der Waals surface area contributed by atoms with E-state index in [1.165, 1.54) is 0 Å². The van der Waals surface area contributed by atoms with Crippen LogP contribution in [0.1, 0.15) is 12.8 Å². The molecule has 19 heavy (non-hydrogen) atoms. The smallest absolute Gasteiger partial charge is 0.267 e. The van der Waals surface area contributed by atoms with Gasteiger partial charge in [-0.25, -0.2) is 0 Å². The Hall–Kier alpha value is -2.24. The van der Waals surface area contributed by atoms with E-state index in [4.69, 9.17) is 9.47 Å². The van der Waals surface area contributed by atoms with Gasteiger partial charge in [-0.1, -0.05) is 0 Å². The zero-order valence-corrected chi connectivity index (χ0v) is 11.0. The third-order valence-corrected chi connectivity index (χ3v) is 2.86. The lowest BCUT2D eigenvalue weighted by molar-refractivity contribution is -0.115. The first-order chi connectivity index (χ1) is 9.24. The van der Waals surface area contributed by atoms with Gasteiger partial charge in [0.15, 0.2) is 0 Å². The number of hydrogen-bond acceptors (Lipinski definition) is 5. The molecule has 6 nitrogen and oxygen atoms in total. The number of amides is 1. The summed E-state index contributed by atoms with van der Waals surface area (Å²) < 4.78 is 10.4. The predicted molar refractivity (Wildman–Crippen MR) is 72.8 cm³/mol. The molecule has 1 aromatic rings. The van der Waals surface area contributed by atoms with Crippen LogP contribution in [0.2, 0.25) is 0 Å². The van der Waals surface area contributed by atoms with E-state index in [-0.39, 0.29) is 5.91 Å². The SMILES string of the molecule is COc1ccc(OC)c(NN=C2CCCNC2=O)c1. The molecule has 2 N–H and O–H groups in total. The summed E-state index contributed by atoms with van der Waals surface area (Å²) in [5.41, 5.74) is 4.02. The maximum atomic E-state index is 11.6. The molecule has 0 unspecified atom stereocenters. The number of methoxy groups -OCH3 is 2. The van der Waals surface area contributed by atoms with Gasteiger partial charge in [-0.05, 0) is 25.0 Å². The summed E-state index contributed by atoms with van der Waals surface area (Å²) in [5.74, 6) is 1.21. The summed E-state index contributed by atoms with van der Waals surface area (Å²) in [6.45, 7) is 0.709. The van der Waals surface area contributed by atoms with E-state index < -0.39 is 0 Å². The zero-order chi connectivity index (χ0) is 13.7. The second kappa shape index (κ2) is 6.08. The summed E-state index contributed by atoms with van der Waals surface area (Å²) in [5, 5.41) is 6.89. The van der Waals surface area contributed by atoms with Gasteiger partial charge in [-0.2, -0.15) is 5.10 Å². The lowest BCUT2D eigenvalue weighted by atomic mass is 10.1. The largest absolute Gasteiger partial charge is 0.497 e. The number of carbonyl (C=O) groups is 1. The Morgan fingerprint density at radius 2 is 2.16 bits per heavy atom.